The molecule has 3 rings (SSSR count). The van der Waals surface area contributed by atoms with Gasteiger partial charge in [-0.25, -0.2) is 18.4 Å². The highest BCUT2D eigenvalue weighted by Gasteiger charge is 2.31. The van der Waals surface area contributed by atoms with Crippen LogP contribution in [0.25, 0.3) is 0 Å². The second kappa shape index (κ2) is 9.88. The molecule has 3 aromatic rings. The predicted octanol–water partition coefficient (Wildman–Crippen LogP) is 4.97. The topological polar surface area (TPSA) is 89.0 Å². The van der Waals surface area contributed by atoms with Gasteiger partial charge in [0, 0.05) is 18.1 Å². The number of sulfone groups is 1. The van der Waals surface area contributed by atoms with Crippen LogP contribution in [0.2, 0.25) is 5.15 Å². The van der Waals surface area contributed by atoms with Gasteiger partial charge < -0.3 is 5.32 Å². The van der Waals surface area contributed by atoms with Gasteiger partial charge in [0.05, 0.1) is 27.5 Å². The minimum Gasteiger partial charge on any atom is -0.320 e. The van der Waals surface area contributed by atoms with Crippen molar-refractivity contribution >= 4 is 44.8 Å². The molecule has 0 spiro atoms. The third-order valence-electron chi connectivity index (χ3n) is 4.12. The summed E-state index contributed by atoms with van der Waals surface area (Å²) in [5.41, 5.74) is -0.409. The van der Waals surface area contributed by atoms with Crippen LogP contribution in [0.3, 0.4) is 0 Å². The van der Waals surface area contributed by atoms with Gasteiger partial charge in [0.1, 0.15) is 10.2 Å². The Labute approximate surface area is 191 Å². The zero-order valence-corrected chi connectivity index (χ0v) is 18.5. The van der Waals surface area contributed by atoms with E-state index in [1.807, 2.05) is 0 Å². The first kappa shape index (κ1) is 24.0. The largest absolute Gasteiger partial charge is 0.416 e. The van der Waals surface area contributed by atoms with E-state index in [9.17, 15) is 26.4 Å². The van der Waals surface area contributed by atoms with Crippen molar-refractivity contribution < 1.29 is 26.4 Å². The van der Waals surface area contributed by atoms with Crippen LogP contribution in [0.15, 0.2) is 70.8 Å². The molecule has 2 aromatic heterocycles. The third kappa shape index (κ3) is 6.21. The number of carbonyl (C=O) groups excluding carboxylic acids is 1. The van der Waals surface area contributed by atoms with Gasteiger partial charge in [-0.2, -0.15) is 13.2 Å². The summed E-state index contributed by atoms with van der Waals surface area (Å²) in [6.07, 6.45) is -1.85. The fourth-order valence-electron chi connectivity index (χ4n) is 2.54. The number of alkyl halides is 3. The van der Waals surface area contributed by atoms with Gasteiger partial charge in [0.15, 0.2) is 9.84 Å². The minimum atomic E-state index is -4.64. The zero-order valence-electron chi connectivity index (χ0n) is 16.1. The van der Waals surface area contributed by atoms with E-state index in [1.165, 1.54) is 24.5 Å². The number of halogens is 4. The fourth-order valence-corrected chi connectivity index (χ4v) is 5.29. The van der Waals surface area contributed by atoms with Crippen molar-refractivity contribution in [3.8, 4) is 0 Å². The molecule has 0 fully saturated rings. The third-order valence-corrected chi connectivity index (χ3v) is 7.32. The van der Waals surface area contributed by atoms with Crippen molar-refractivity contribution in [2.45, 2.75) is 16.1 Å². The van der Waals surface area contributed by atoms with Gasteiger partial charge in [0.25, 0.3) is 5.91 Å². The Bertz CT molecular complexity index is 1220. The van der Waals surface area contributed by atoms with E-state index < -0.39 is 38.1 Å². The van der Waals surface area contributed by atoms with Crippen LogP contribution >= 0.6 is 23.4 Å². The lowest BCUT2D eigenvalue weighted by molar-refractivity contribution is -0.137. The highest BCUT2D eigenvalue weighted by Crippen LogP contribution is 2.31. The van der Waals surface area contributed by atoms with Crippen molar-refractivity contribution in [3.63, 3.8) is 0 Å². The first-order chi connectivity index (χ1) is 15.1. The van der Waals surface area contributed by atoms with E-state index in [4.69, 9.17) is 11.6 Å². The molecule has 1 N–H and O–H groups in total. The lowest BCUT2D eigenvalue weighted by Crippen LogP contribution is -2.14. The molecule has 12 heteroatoms. The SMILES string of the molecule is O=C(Nc1cccnc1SCCS(=O)(=O)c1cccc(C(F)(F)F)c1)c1ccc(Cl)nc1. The van der Waals surface area contributed by atoms with E-state index in [0.717, 1.165) is 30.0 Å². The number of pyridine rings is 2. The summed E-state index contributed by atoms with van der Waals surface area (Å²) in [4.78, 5) is 20.0. The van der Waals surface area contributed by atoms with E-state index >= 15 is 0 Å². The molecule has 1 amide bonds. The number of hydrogen-bond donors (Lipinski definition) is 1. The van der Waals surface area contributed by atoms with Crippen molar-refractivity contribution in [3.05, 3.63) is 77.2 Å². The fraction of sp³-hybridized carbons (Fsp3) is 0.150. The Morgan fingerprint density at radius 3 is 2.56 bits per heavy atom. The minimum absolute atomic E-state index is 0.0148. The van der Waals surface area contributed by atoms with Gasteiger partial charge >= 0.3 is 6.18 Å². The Hall–Kier alpha value is -2.63. The van der Waals surface area contributed by atoms with Gasteiger partial charge in [-0.3, -0.25) is 4.79 Å². The van der Waals surface area contributed by atoms with Crippen LogP contribution in [-0.4, -0.2) is 35.8 Å². The number of aromatic nitrogens is 2. The molecule has 0 saturated heterocycles. The molecule has 0 bridgehead atoms. The van der Waals surface area contributed by atoms with Crippen molar-refractivity contribution in [1.29, 1.82) is 0 Å². The van der Waals surface area contributed by atoms with Crippen LogP contribution in [-0.2, 0) is 16.0 Å². The van der Waals surface area contributed by atoms with Gasteiger partial charge in [-0.15, -0.1) is 11.8 Å². The molecule has 0 aliphatic rings. The number of nitrogens with zero attached hydrogens (tertiary/aromatic N) is 2. The average molecular weight is 502 g/mol. The number of rotatable bonds is 7. The molecule has 6 nitrogen and oxygen atoms in total. The molecule has 0 aliphatic carbocycles. The average Bonchev–Trinajstić information content (AvgIpc) is 2.75. The van der Waals surface area contributed by atoms with Crippen LogP contribution in [0.4, 0.5) is 18.9 Å². The number of anilines is 1. The summed E-state index contributed by atoms with van der Waals surface area (Å²) in [6.45, 7) is 0. The number of thioether (sulfide) groups is 1. The first-order valence-corrected chi connectivity index (χ1v) is 12.0. The summed E-state index contributed by atoms with van der Waals surface area (Å²) in [5.74, 6) is -0.856. The Morgan fingerprint density at radius 1 is 1.09 bits per heavy atom. The molecule has 32 heavy (non-hydrogen) atoms. The first-order valence-electron chi connectivity index (χ1n) is 8.97. The molecular formula is C20H15ClF3N3O3S2. The van der Waals surface area contributed by atoms with Crippen molar-refractivity contribution in [2.24, 2.45) is 0 Å². The molecule has 1 aromatic carbocycles. The van der Waals surface area contributed by atoms with Crippen LogP contribution in [0.1, 0.15) is 15.9 Å². The number of carbonyl (C=O) groups is 1. The maximum Gasteiger partial charge on any atom is 0.416 e. The smallest absolute Gasteiger partial charge is 0.320 e. The lowest BCUT2D eigenvalue weighted by Gasteiger charge is -2.11. The van der Waals surface area contributed by atoms with Crippen LogP contribution < -0.4 is 5.32 Å². The van der Waals surface area contributed by atoms with Gasteiger partial charge in [-0.1, -0.05) is 17.7 Å². The van der Waals surface area contributed by atoms with Crippen molar-refractivity contribution in [1.82, 2.24) is 9.97 Å². The standard InChI is InChI=1S/C20H15ClF3N3O3S2/c21-17-7-6-13(12-26-17)18(28)27-16-5-2-8-25-19(16)31-9-10-32(29,30)15-4-1-3-14(11-15)20(22,23)24/h1-8,11-12H,9-10H2,(H,27,28). The van der Waals surface area contributed by atoms with E-state index in [0.29, 0.717) is 16.8 Å². The number of nitrogens with one attached hydrogen (secondary N) is 1. The summed E-state index contributed by atoms with van der Waals surface area (Å²) in [7, 11) is -3.95. The van der Waals surface area contributed by atoms with Gasteiger partial charge in [-0.05, 0) is 42.5 Å². The second-order valence-electron chi connectivity index (χ2n) is 6.37. The maximum absolute atomic E-state index is 12.9. The number of benzene rings is 1. The van der Waals surface area contributed by atoms with Crippen molar-refractivity contribution in [2.75, 3.05) is 16.8 Å². The quantitative estimate of drug-likeness (QED) is 0.363. The number of amides is 1. The summed E-state index contributed by atoms with van der Waals surface area (Å²) >= 11 is 6.76. The highest BCUT2D eigenvalue weighted by atomic mass is 35.5. The van der Waals surface area contributed by atoms with E-state index in [-0.39, 0.29) is 16.5 Å². The van der Waals surface area contributed by atoms with Crippen LogP contribution in [0, 0.1) is 0 Å². The van der Waals surface area contributed by atoms with Gasteiger partial charge in [0.2, 0.25) is 0 Å². The molecule has 0 unspecified atom stereocenters. The molecule has 168 valence electrons. The van der Waals surface area contributed by atoms with Crippen LogP contribution in [0.5, 0.6) is 0 Å². The van der Waals surface area contributed by atoms with E-state index in [1.54, 1.807) is 12.1 Å². The highest BCUT2D eigenvalue weighted by molar-refractivity contribution is 8.00. The molecule has 2 heterocycles. The Morgan fingerprint density at radius 2 is 1.88 bits per heavy atom. The Balaban J connectivity index is 1.68. The number of hydrogen-bond acceptors (Lipinski definition) is 6. The maximum atomic E-state index is 12.9. The zero-order chi connectivity index (χ0) is 23.4. The normalized spacial score (nSPS) is 11.9. The molecule has 0 atom stereocenters. The predicted molar refractivity (Wildman–Crippen MR) is 116 cm³/mol. The Kier molecular flexibility index (Phi) is 7.42. The summed E-state index contributed by atoms with van der Waals surface area (Å²) in [5, 5.41) is 3.27. The van der Waals surface area contributed by atoms with E-state index in [2.05, 4.69) is 15.3 Å². The molecular weight excluding hydrogens is 487 g/mol. The molecule has 0 radical (unpaired) electrons. The monoisotopic (exact) mass is 501 g/mol. The lowest BCUT2D eigenvalue weighted by atomic mass is 10.2. The summed E-state index contributed by atoms with van der Waals surface area (Å²) in [6, 6.07) is 9.77. The summed E-state index contributed by atoms with van der Waals surface area (Å²) < 4.78 is 63.6. The second-order valence-corrected chi connectivity index (χ2v) is 9.95. The molecule has 0 aliphatic heterocycles. The molecule has 0 saturated carbocycles.